The number of amides is 1. The Labute approximate surface area is 173 Å². The van der Waals surface area contributed by atoms with E-state index in [1.807, 2.05) is 29.8 Å². The zero-order chi connectivity index (χ0) is 20.8. The summed E-state index contributed by atoms with van der Waals surface area (Å²) >= 11 is 0. The first kappa shape index (κ1) is 18.7. The molecule has 1 unspecified atom stereocenters. The van der Waals surface area contributed by atoms with Crippen LogP contribution >= 0.6 is 0 Å². The number of fused-ring (bicyclic) bond motifs is 2. The number of nitrogens with zero attached hydrogens (tertiary/aromatic N) is 6. The zero-order valence-corrected chi connectivity index (χ0v) is 17.1. The van der Waals surface area contributed by atoms with Gasteiger partial charge in [0.2, 0.25) is 0 Å². The fourth-order valence-corrected chi connectivity index (χ4v) is 4.11. The molecule has 0 saturated carbocycles. The van der Waals surface area contributed by atoms with Crippen molar-refractivity contribution in [3.63, 3.8) is 0 Å². The molecule has 1 N–H and O–H groups in total. The van der Waals surface area contributed by atoms with E-state index in [0.717, 1.165) is 35.2 Å². The normalized spacial score (nSPS) is 19.7. The third-order valence-corrected chi connectivity index (χ3v) is 5.79. The van der Waals surface area contributed by atoms with E-state index in [2.05, 4.69) is 27.3 Å². The molecule has 1 amide bonds. The van der Waals surface area contributed by atoms with Crippen molar-refractivity contribution < 1.29 is 9.53 Å². The summed E-state index contributed by atoms with van der Waals surface area (Å²) < 4.78 is 9.18. The fraction of sp³-hybridized carbons (Fsp3) is 0.333. The van der Waals surface area contributed by atoms with Crippen LogP contribution in [0.25, 0.3) is 16.6 Å². The second kappa shape index (κ2) is 7.19. The summed E-state index contributed by atoms with van der Waals surface area (Å²) in [5, 5.41) is 8.00. The number of likely N-dealkylation sites (tertiary alicyclic amines) is 1. The summed E-state index contributed by atoms with van der Waals surface area (Å²) in [4.78, 5) is 24.0. The molecule has 0 aliphatic carbocycles. The lowest BCUT2D eigenvalue weighted by Crippen LogP contribution is -2.20. The maximum atomic E-state index is 12.7. The van der Waals surface area contributed by atoms with E-state index < -0.39 is 0 Å². The molecular weight excluding hydrogens is 382 g/mol. The molecule has 9 nitrogen and oxygen atoms in total. The number of imidazole rings is 1. The standard InChI is InChI=1S/C21H23N7O2/c1-26-10-15(30-3)7-18(26)16-11-28-12-19(22-9-20(28)24-16)25-21(29)13-4-5-17-14(6-13)8-23-27(17)2/h4-6,8-9,11-12,15,18H,7,10H2,1-3H3,(H,25,29)/t15-,18?/m0/s1. The van der Waals surface area contributed by atoms with Crippen LogP contribution in [0.4, 0.5) is 5.82 Å². The zero-order valence-electron chi connectivity index (χ0n) is 17.1. The molecule has 1 aromatic carbocycles. The van der Waals surface area contributed by atoms with Crippen molar-refractivity contribution in [1.82, 2.24) is 29.0 Å². The quantitative estimate of drug-likeness (QED) is 0.560. The largest absolute Gasteiger partial charge is 0.380 e. The first-order chi connectivity index (χ1) is 14.5. The molecule has 30 heavy (non-hydrogen) atoms. The van der Waals surface area contributed by atoms with Gasteiger partial charge in [-0.2, -0.15) is 5.10 Å². The number of ether oxygens (including phenoxy) is 1. The first-order valence-corrected chi connectivity index (χ1v) is 9.82. The van der Waals surface area contributed by atoms with E-state index in [-0.39, 0.29) is 18.1 Å². The molecular formula is C21H23N7O2. The Morgan fingerprint density at radius 2 is 2.10 bits per heavy atom. The van der Waals surface area contributed by atoms with Gasteiger partial charge >= 0.3 is 0 Å². The Morgan fingerprint density at radius 1 is 1.23 bits per heavy atom. The highest BCUT2D eigenvalue weighted by atomic mass is 16.5. The third-order valence-electron chi connectivity index (χ3n) is 5.79. The van der Waals surface area contributed by atoms with E-state index in [1.165, 1.54) is 0 Å². The number of carbonyl (C=O) groups is 1. The molecule has 1 saturated heterocycles. The van der Waals surface area contributed by atoms with Gasteiger partial charge in [-0.05, 0) is 31.7 Å². The number of aryl methyl sites for hydroxylation is 1. The van der Waals surface area contributed by atoms with Crippen LogP contribution in [0.2, 0.25) is 0 Å². The summed E-state index contributed by atoms with van der Waals surface area (Å²) in [6, 6.07) is 5.71. The highest BCUT2D eigenvalue weighted by Crippen LogP contribution is 2.31. The Bertz CT molecular complexity index is 1240. The van der Waals surface area contributed by atoms with Crippen molar-refractivity contribution in [2.45, 2.75) is 18.6 Å². The number of nitrogens with one attached hydrogen (secondary N) is 1. The average Bonchev–Trinajstić information content (AvgIpc) is 3.43. The summed E-state index contributed by atoms with van der Waals surface area (Å²) in [6.45, 7) is 0.885. The lowest BCUT2D eigenvalue weighted by atomic mass is 10.1. The molecule has 1 fully saturated rings. The van der Waals surface area contributed by atoms with Crippen molar-refractivity contribution in [2.75, 3.05) is 26.0 Å². The molecule has 1 aliphatic heterocycles. The van der Waals surface area contributed by atoms with E-state index >= 15 is 0 Å². The number of aromatic nitrogens is 5. The Morgan fingerprint density at radius 3 is 2.90 bits per heavy atom. The number of rotatable bonds is 4. The van der Waals surface area contributed by atoms with Crippen molar-refractivity contribution in [2.24, 2.45) is 7.05 Å². The predicted octanol–water partition coefficient (Wildman–Crippen LogP) is 2.26. The van der Waals surface area contributed by atoms with Gasteiger partial charge in [0.05, 0.1) is 41.9 Å². The number of hydrogen-bond acceptors (Lipinski definition) is 6. The van der Waals surface area contributed by atoms with Crippen molar-refractivity contribution in [3.8, 4) is 0 Å². The highest BCUT2D eigenvalue weighted by Gasteiger charge is 2.32. The van der Waals surface area contributed by atoms with Gasteiger partial charge in [-0.25, -0.2) is 9.97 Å². The topological polar surface area (TPSA) is 89.6 Å². The first-order valence-electron chi connectivity index (χ1n) is 9.82. The van der Waals surface area contributed by atoms with Crippen LogP contribution in [0.15, 0.2) is 43.0 Å². The fourth-order valence-electron chi connectivity index (χ4n) is 4.11. The molecule has 4 heterocycles. The summed E-state index contributed by atoms with van der Waals surface area (Å²) in [5.74, 6) is 0.253. The third kappa shape index (κ3) is 3.21. The van der Waals surface area contributed by atoms with Crippen LogP contribution in [0.5, 0.6) is 0 Å². The number of anilines is 1. The Balaban J connectivity index is 1.37. The minimum atomic E-state index is -0.216. The smallest absolute Gasteiger partial charge is 0.256 e. The summed E-state index contributed by atoms with van der Waals surface area (Å²) in [7, 11) is 5.70. The van der Waals surface area contributed by atoms with Crippen molar-refractivity contribution in [3.05, 3.63) is 54.2 Å². The monoisotopic (exact) mass is 405 g/mol. The molecule has 1 aliphatic rings. The summed E-state index contributed by atoms with van der Waals surface area (Å²) in [6.07, 6.45) is 8.33. The van der Waals surface area contributed by atoms with Gasteiger partial charge < -0.3 is 14.5 Å². The number of hydrogen-bond donors (Lipinski definition) is 1. The highest BCUT2D eigenvalue weighted by molar-refractivity contribution is 6.05. The molecule has 3 aromatic heterocycles. The molecule has 2 atom stereocenters. The van der Waals surface area contributed by atoms with Crippen LogP contribution < -0.4 is 5.32 Å². The number of carbonyl (C=O) groups excluding carboxylic acids is 1. The van der Waals surface area contributed by atoms with Gasteiger partial charge in [0.15, 0.2) is 5.65 Å². The van der Waals surface area contributed by atoms with Crippen LogP contribution in [-0.4, -0.2) is 61.8 Å². The number of likely N-dealkylation sites (N-methyl/N-ethyl adjacent to an activating group) is 1. The van der Waals surface area contributed by atoms with Crippen LogP contribution in [-0.2, 0) is 11.8 Å². The van der Waals surface area contributed by atoms with Gasteiger partial charge in [-0.3, -0.25) is 14.4 Å². The maximum Gasteiger partial charge on any atom is 0.256 e. The van der Waals surface area contributed by atoms with Gasteiger partial charge in [0, 0.05) is 37.8 Å². The van der Waals surface area contributed by atoms with Gasteiger partial charge in [-0.1, -0.05) is 0 Å². The molecule has 0 radical (unpaired) electrons. The number of methoxy groups -OCH3 is 1. The van der Waals surface area contributed by atoms with Gasteiger partial charge in [-0.15, -0.1) is 0 Å². The van der Waals surface area contributed by atoms with Crippen molar-refractivity contribution >= 4 is 28.3 Å². The van der Waals surface area contributed by atoms with Gasteiger partial charge in [0.1, 0.15) is 5.82 Å². The molecule has 5 rings (SSSR count). The number of benzene rings is 1. The van der Waals surface area contributed by atoms with Crippen LogP contribution in [0.1, 0.15) is 28.5 Å². The Hall–Kier alpha value is -3.30. The van der Waals surface area contributed by atoms with Crippen LogP contribution in [0.3, 0.4) is 0 Å². The molecule has 0 spiro atoms. The Kier molecular flexibility index (Phi) is 4.48. The van der Waals surface area contributed by atoms with Crippen molar-refractivity contribution in [1.29, 1.82) is 0 Å². The lowest BCUT2D eigenvalue weighted by molar-refractivity contribution is 0.102. The van der Waals surface area contributed by atoms with E-state index in [0.29, 0.717) is 11.4 Å². The minimum absolute atomic E-state index is 0.208. The van der Waals surface area contributed by atoms with E-state index in [9.17, 15) is 4.79 Å². The average molecular weight is 405 g/mol. The van der Waals surface area contributed by atoms with E-state index in [4.69, 9.17) is 9.72 Å². The molecule has 0 bridgehead atoms. The summed E-state index contributed by atoms with van der Waals surface area (Å²) in [5.41, 5.74) is 3.25. The molecule has 154 valence electrons. The predicted molar refractivity (Wildman–Crippen MR) is 112 cm³/mol. The van der Waals surface area contributed by atoms with Crippen LogP contribution in [0, 0.1) is 0 Å². The van der Waals surface area contributed by atoms with Gasteiger partial charge in [0.25, 0.3) is 5.91 Å². The lowest BCUT2D eigenvalue weighted by Gasteiger charge is -2.15. The SMILES string of the molecule is CO[C@H]1CC(c2cn3cc(NC(=O)c4ccc5c(cnn5C)c4)ncc3n2)N(C)C1. The molecule has 4 aromatic rings. The molecule has 9 heteroatoms. The second-order valence-electron chi connectivity index (χ2n) is 7.75. The second-order valence-corrected chi connectivity index (χ2v) is 7.75. The minimum Gasteiger partial charge on any atom is -0.380 e. The maximum absolute atomic E-state index is 12.7. The van der Waals surface area contributed by atoms with E-state index in [1.54, 1.807) is 36.4 Å².